The number of carbonyl (C=O) groups is 3. The largest absolute Gasteiger partial charge is 0.508 e. The van der Waals surface area contributed by atoms with Gasteiger partial charge in [-0.05, 0) is 68.8 Å². The number of carbonyl (C=O) groups excluding carboxylic acids is 3. The fraction of sp³-hybridized carbons (Fsp3) is 0.276. The van der Waals surface area contributed by atoms with Gasteiger partial charge in [0, 0.05) is 22.6 Å². The van der Waals surface area contributed by atoms with Gasteiger partial charge >= 0.3 is 0 Å². The molecule has 0 radical (unpaired) electrons. The summed E-state index contributed by atoms with van der Waals surface area (Å²) < 4.78 is 0. The van der Waals surface area contributed by atoms with E-state index in [2.05, 4.69) is 11.8 Å². The van der Waals surface area contributed by atoms with Crippen LogP contribution in [-0.4, -0.2) is 73.6 Å². The zero-order valence-corrected chi connectivity index (χ0v) is 21.1. The second-order valence-corrected chi connectivity index (χ2v) is 10.2. The Bertz CT molecular complexity index is 1590. The summed E-state index contributed by atoms with van der Waals surface area (Å²) in [5.41, 5.74) is 3.00. The van der Waals surface area contributed by atoms with Gasteiger partial charge in [0.1, 0.15) is 28.6 Å². The number of aliphatic hydroxyl groups excluding tert-OH is 2. The predicted octanol–water partition coefficient (Wildman–Crippen LogP) is 1.07. The Morgan fingerprint density at radius 1 is 1.08 bits per heavy atom. The summed E-state index contributed by atoms with van der Waals surface area (Å²) in [6.45, 7) is 0. The van der Waals surface area contributed by atoms with E-state index in [-0.39, 0.29) is 35.5 Å². The summed E-state index contributed by atoms with van der Waals surface area (Å²) >= 11 is 0. The number of benzene rings is 2. The number of rotatable bonds is 2. The molecule has 3 aliphatic carbocycles. The summed E-state index contributed by atoms with van der Waals surface area (Å²) in [4.78, 5) is 40.5. The molecule has 10 heteroatoms. The van der Waals surface area contributed by atoms with Gasteiger partial charge in [0.2, 0.25) is 5.78 Å². The molecule has 1 fully saturated rings. The fourth-order valence-corrected chi connectivity index (χ4v) is 6.08. The number of phenolic OH excluding ortho intramolecular Hbond substituents is 2. The first-order chi connectivity index (χ1) is 18.4. The first-order valence-corrected chi connectivity index (χ1v) is 12.2. The molecule has 2 aromatic rings. The van der Waals surface area contributed by atoms with Gasteiger partial charge in [0.15, 0.2) is 11.4 Å². The maximum absolute atomic E-state index is 13.9. The Morgan fingerprint density at radius 3 is 2.44 bits per heavy atom. The highest BCUT2D eigenvalue weighted by Crippen LogP contribution is 2.52. The van der Waals surface area contributed by atoms with Gasteiger partial charge in [0.05, 0.1) is 11.6 Å². The maximum atomic E-state index is 13.9. The lowest BCUT2D eigenvalue weighted by molar-refractivity contribution is -0.153. The number of primary amides is 1. The second kappa shape index (κ2) is 9.01. The number of fused-ring (bicyclic) bond motifs is 3. The molecule has 200 valence electrons. The molecule has 4 atom stereocenters. The van der Waals surface area contributed by atoms with Crippen LogP contribution in [0.3, 0.4) is 0 Å². The van der Waals surface area contributed by atoms with E-state index < -0.39 is 58.0 Å². The molecule has 7 N–H and O–H groups in total. The number of Topliss-reactive ketones (excluding diaryl/α,β-unsaturated/α-hetero) is 2. The van der Waals surface area contributed by atoms with E-state index in [0.717, 1.165) is 0 Å². The minimum atomic E-state index is -2.69. The third-order valence-corrected chi connectivity index (χ3v) is 7.79. The van der Waals surface area contributed by atoms with Crippen molar-refractivity contribution in [2.75, 3.05) is 14.1 Å². The molecular formula is C29H26N2O8. The monoisotopic (exact) mass is 530 g/mol. The quantitative estimate of drug-likeness (QED) is 0.244. The van der Waals surface area contributed by atoms with E-state index in [1.807, 2.05) is 0 Å². The minimum Gasteiger partial charge on any atom is -0.508 e. The first-order valence-electron chi connectivity index (χ1n) is 12.2. The molecule has 1 saturated carbocycles. The average Bonchev–Trinajstić information content (AvgIpc) is 2.85. The molecule has 0 bridgehead atoms. The molecule has 10 nitrogen and oxygen atoms in total. The Hall–Kier alpha value is -4.59. The molecule has 0 aliphatic heterocycles. The van der Waals surface area contributed by atoms with E-state index in [0.29, 0.717) is 16.7 Å². The number of aliphatic hydroxyl groups is 3. The van der Waals surface area contributed by atoms with Crippen molar-refractivity contribution in [2.24, 2.45) is 17.6 Å². The molecule has 4 unspecified atom stereocenters. The Kier molecular flexibility index (Phi) is 6.01. The summed E-state index contributed by atoms with van der Waals surface area (Å²) in [6.07, 6.45) is 0.119. The van der Waals surface area contributed by atoms with Crippen molar-refractivity contribution in [3.8, 4) is 23.3 Å². The predicted molar refractivity (Wildman–Crippen MR) is 138 cm³/mol. The summed E-state index contributed by atoms with van der Waals surface area (Å²) in [5.74, 6) is -1.08. The normalized spacial score (nSPS) is 26.0. The molecule has 39 heavy (non-hydrogen) atoms. The molecule has 5 rings (SSSR count). The lowest BCUT2D eigenvalue weighted by atomic mass is 9.57. The van der Waals surface area contributed by atoms with Crippen LogP contribution in [0, 0.1) is 23.7 Å². The van der Waals surface area contributed by atoms with Crippen LogP contribution < -0.4 is 5.73 Å². The summed E-state index contributed by atoms with van der Waals surface area (Å²) in [7, 11) is 3.08. The van der Waals surface area contributed by atoms with Gasteiger partial charge in [-0.2, -0.15) is 0 Å². The Balaban J connectivity index is 1.69. The van der Waals surface area contributed by atoms with Crippen molar-refractivity contribution < 1.29 is 39.9 Å². The Labute approximate surface area is 223 Å². The average molecular weight is 531 g/mol. The van der Waals surface area contributed by atoms with E-state index in [9.17, 15) is 39.9 Å². The number of phenols is 2. The van der Waals surface area contributed by atoms with E-state index in [1.54, 1.807) is 32.3 Å². The molecule has 0 spiro atoms. The fourth-order valence-electron chi connectivity index (χ4n) is 6.08. The zero-order chi connectivity index (χ0) is 28.4. The minimum absolute atomic E-state index is 0.0131. The third-order valence-electron chi connectivity index (χ3n) is 7.79. The number of likely N-dealkylation sites (N-methyl/N-ethyl adjacent to an activating group) is 1. The Morgan fingerprint density at radius 2 is 1.79 bits per heavy atom. The van der Waals surface area contributed by atoms with Gasteiger partial charge in [0.25, 0.3) is 5.91 Å². The van der Waals surface area contributed by atoms with Crippen LogP contribution in [0.25, 0.3) is 5.76 Å². The first kappa shape index (κ1) is 26.0. The molecule has 0 heterocycles. The highest BCUT2D eigenvalue weighted by Gasteiger charge is 2.64. The van der Waals surface area contributed by atoms with Crippen LogP contribution in [0.1, 0.15) is 28.7 Å². The van der Waals surface area contributed by atoms with Crippen LogP contribution in [0.2, 0.25) is 0 Å². The topological polar surface area (TPSA) is 182 Å². The smallest absolute Gasteiger partial charge is 0.255 e. The number of aromatic hydroxyl groups is 2. The number of nitrogens with zero attached hydrogens (tertiary/aromatic N) is 1. The van der Waals surface area contributed by atoms with Crippen LogP contribution in [-0.2, 0) is 20.8 Å². The highest BCUT2D eigenvalue weighted by molar-refractivity contribution is 6.24. The van der Waals surface area contributed by atoms with Gasteiger partial charge in [-0.3, -0.25) is 19.3 Å². The molecule has 2 aromatic carbocycles. The van der Waals surface area contributed by atoms with Crippen molar-refractivity contribution in [3.63, 3.8) is 0 Å². The van der Waals surface area contributed by atoms with Crippen molar-refractivity contribution in [1.82, 2.24) is 4.90 Å². The van der Waals surface area contributed by atoms with Crippen LogP contribution in [0.15, 0.2) is 53.3 Å². The SMILES string of the molecule is CN(C)C1C(=O)C(C(N)=O)=C(O)C2(O)C(=O)C3=C(O)c4c(O)ccc(C#Cc5cccc(O)c5)c4CC3CC12. The third kappa shape index (κ3) is 3.78. The van der Waals surface area contributed by atoms with Crippen LogP contribution in [0.4, 0.5) is 0 Å². The number of nitrogens with two attached hydrogens (primary N) is 1. The molecule has 1 amide bonds. The van der Waals surface area contributed by atoms with Gasteiger partial charge < -0.3 is 31.3 Å². The highest BCUT2D eigenvalue weighted by atomic mass is 16.3. The van der Waals surface area contributed by atoms with Gasteiger partial charge in [-0.15, -0.1) is 0 Å². The molecular weight excluding hydrogens is 504 g/mol. The lowest BCUT2D eigenvalue weighted by Gasteiger charge is -2.50. The van der Waals surface area contributed by atoms with Crippen molar-refractivity contribution >= 4 is 23.2 Å². The van der Waals surface area contributed by atoms with E-state index in [4.69, 9.17) is 5.73 Å². The van der Waals surface area contributed by atoms with Crippen LogP contribution in [0.5, 0.6) is 11.5 Å². The summed E-state index contributed by atoms with van der Waals surface area (Å²) in [6, 6.07) is 8.07. The number of amides is 1. The summed E-state index contributed by atoms with van der Waals surface area (Å²) in [5, 5.41) is 54.2. The van der Waals surface area contributed by atoms with Gasteiger partial charge in [-0.1, -0.05) is 17.9 Å². The maximum Gasteiger partial charge on any atom is 0.255 e. The zero-order valence-electron chi connectivity index (χ0n) is 21.1. The second-order valence-electron chi connectivity index (χ2n) is 10.2. The van der Waals surface area contributed by atoms with Crippen LogP contribution >= 0.6 is 0 Å². The van der Waals surface area contributed by atoms with Crippen molar-refractivity contribution in [3.05, 3.63) is 75.6 Å². The molecule has 0 aromatic heterocycles. The lowest BCUT2D eigenvalue weighted by Crippen LogP contribution is -2.65. The van der Waals surface area contributed by atoms with Crippen molar-refractivity contribution in [1.29, 1.82) is 0 Å². The number of hydrogen-bond donors (Lipinski definition) is 6. The number of ketones is 2. The van der Waals surface area contributed by atoms with Crippen molar-refractivity contribution in [2.45, 2.75) is 24.5 Å². The van der Waals surface area contributed by atoms with E-state index in [1.165, 1.54) is 23.1 Å². The standard InChI is InChI=1S/C29H26N2O8/c1-31(2)23-18-12-15-11-17-14(7-6-13-4-3-5-16(32)10-13)8-9-19(33)21(17)24(34)20(15)26(36)29(18,39)27(37)22(25(23)35)28(30)38/h3-5,8-10,15,18,23,32-34,37,39H,11-12H2,1-2H3,(H2,30,38). The van der Waals surface area contributed by atoms with Gasteiger partial charge in [-0.25, -0.2) is 0 Å². The number of hydrogen-bond acceptors (Lipinski definition) is 9. The van der Waals surface area contributed by atoms with E-state index >= 15 is 0 Å². The molecule has 0 saturated heterocycles. The molecule has 3 aliphatic rings.